The summed E-state index contributed by atoms with van der Waals surface area (Å²) in [4.78, 5) is 10.9. The summed E-state index contributed by atoms with van der Waals surface area (Å²) < 4.78 is 13.3. The molecule has 1 aromatic rings. The summed E-state index contributed by atoms with van der Waals surface area (Å²) in [5.41, 5.74) is 5.11. The molecular weight excluding hydrogens is 441 g/mol. The first kappa shape index (κ1) is 39.6. The molecule has 0 aliphatic carbocycles. The first-order valence-electron chi connectivity index (χ1n) is 12.6. The molecule has 0 bridgehead atoms. The van der Waals surface area contributed by atoms with Crippen molar-refractivity contribution in [3.8, 4) is 0 Å². The topological polar surface area (TPSA) is 43.1 Å². The van der Waals surface area contributed by atoms with Crippen molar-refractivity contribution in [2.75, 3.05) is 0 Å². The average Bonchev–Trinajstić information content (AvgIpc) is 2.86. The summed E-state index contributed by atoms with van der Waals surface area (Å²) in [6, 6.07) is 5.33. The Kier molecular flexibility index (Phi) is 32.2. The fourth-order valence-electron chi connectivity index (χ4n) is 2.32. The molecule has 0 aliphatic rings. The van der Waals surface area contributed by atoms with Gasteiger partial charge in [-0.2, -0.15) is 0 Å². The number of allylic oxidation sites excluding steroid dienone is 3. The zero-order valence-electron chi connectivity index (χ0n) is 23.7. The standard InChI is InChI=1S/C20H25FO.C6H14.2C2H6.H3NS/c1-4-5-10-18(15-22)11-8-6-7-9-16(2)19-12-13-20(21)17(3)14-19;1-5-6(2,3)4;3*1-2/h5-6,8,12-16,18H,1,7,9-11H2,2-3H3;5H2,1-4H3;2*1-2H3;2H,1H2/b8-6+;;;;. The molecule has 0 fully saturated rings. The van der Waals surface area contributed by atoms with Gasteiger partial charge in [-0.1, -0.05) is 99.6 Å². The Morgan fingerprint density at radius 3 is 2.06 bits per heavy atom. The second-order valence-electron chi connectivity index (χ2n) is 8.65. The molecule has 1 aromatic carbocycles. The first-order chi connectivity index (χ1) is 16.1. The minimum atomic E-state index is -0.149. The maximum Gasteiger partial charge on any atom is 0.126 e. The molecule has 2 N–H and O–H groups in total. The molecule has 2 nitrogen and oxygen atoms in total. The smallest absolute Gasteiger partial charge is 0.126 e. The lowest BCUT2D eigenvalue weighted by molar-refractivity contribution is -0.110. The van der Waals surface area contributed by atoms with Crippen molar-refractivity contribution in [3.63, 3.8) is 0 Å². The summed E-state index contributed by atoms with van der Waals surface area (Å²) in [5.74, 6) is 0.265. The third kappa shape index (κ3) is 25.0. The minimum Gasteiger partial charge on any atom is -0.303 e. The molecule has 0 amide bonds. The molecular formula is C30H54FNOS. The Morgan fingerprint density at radius 2 is 1.65 bits per heavy atom. The highest BCUT2D eigenvalue weighted by Gasteiger charge is 2.07. The molecule has 2 unspecified atom stereocenters. The van der Waals surface area contributed by atoms with E-state index in [1.165, 1.54) is 12.0 Å². The van der Waals surface area contributed by atoms with Gasteiger partial charge in [0.25, 0.3) is 0 Å². The van der Waals surface area contributed by atoms with E-state index in [4.69, 9.17) is 0 Å². The highest BCUT2D eigenvalue weighted by atomic mass is 32.1. The number of benzene rings is 1. The van der Waals surface area contributed by atoms with Crippen molar-refractivity contribution in [2.24, 2.45) is 16.5 Å². The number of carbonyl (C=O) groups is 1. The lowest BCUT2D eigenvalue weighted by Crippen LogP contribution is -2.00. The van der Waals surface area contributed by atoms with E-state index in [9.17, 15) is 9.18 Å². The van der Waals surface area contributed by atoms with Crippen LogP contribution >= 0.6 is 12.8 Å². The van der Waals surface area contributed by atoms with Crippen molar-refractivity contribution >= 4 is 19.1 Å². The van der Waals surface area contributed by atoms with Gasteiger partial charge in [-0.25, -0.2) is 4.39 Å². The Balaban J connectivity index is -0.000000316. The van der Waals surface area contributed by atoms with E-state index in [1.807, 2.05) is 39.8 Å². The van der Waals surface area contributed by atoms with Gasteiger partial charge >= 0.3 is 0 Å². The molecule has 0 spiro atoms. The van der Waals surface area contributed by atoms with Crippen molar-refractivity contribution < 1.29 is 9.18 Å². The van der Waals surface area contributed by atoms with Gasteiger partial charge < -0.3 is 4.79 Å². The van der Waals surface area contributed by atoms with E-state index >= 15 is 0 Å². The quantitative estimate of drug-likeness (QED) is 0.155. The maximum atomic E-state index is 13.3. The first-order valence-corrected chi connectivity index (χ1v) is 13.1. The van der Waals surface area contributed by atoms with Crippen LogP contribution in [0.25, 0.3) is 0 Å². The third-order valence-electron chi connectivity index (χ3n) is 4.94. The second-order valence-corrected chi connectivity index (χ2v) is 8.65. The zero-order chi connectivity index (χ0) is 27.6. The van der Waals surface area contributed by atoms with Crippen molar-refractivity contribution in [1.82, 2.24) is 0 Å². The number of halogens is 1. The van der Waals surface area contributed by atoms with Gasteiger partial charge in [0.2, 0.25) is 0 Å². The Hall–Kier alpha value is -1.61. The molecule has 1 rings (SSSR count). The molecule has 0 heterocycles. The Bertz CT molecular complexity index is 658. The summed E-state index contributed by atoms with van der Waals surface area (Å²) in [6.07, 6.45) is 11.7. The third-order valence-corrected chi connectivity index (χ3v) is 4.94. The van der Waals surface area contributed by atoms with Gasteiger partial charge in [0.1, 0.15) is 12.1 Å². The van der Waals surface area contributed by atoms with Crippen LogP contribution in [0.1, 0.15) is 111 Å². The summed E-state index contributed by atoms with van der Waals surface area (Å²) in [6.45, 7) is 24.4. The number of hydrogen-bond donors (Lipinski definition) is 2. The second kappa shape index (κ2) is 27.6. The maximum absolute atomic E-state index is 13.3. The predicted molar refractivity (Wildman–Crippen MR) is 156 cm³/mol. The largest absolute Gasteiger partial charge is 0.303 e. The number of hydrogen-bond acceptors (Lipinski definition) is 3. The predicted octanol–water partition coefficient (Wildman–Crippen LogP) is 9.80. The van der Waals surface area contributed by atoms with Crippen molar-refractivity contribution in [3.05, 3.63) is 65.7 Å². The minimum absolute atomic E-state index is 0.0164. The number of nitrogens with two attached hydrogens (primary N) is 1. The van der Waals surface area contributed by atoms with Gasteiger partial charge in [-0.3, -0.25) is 5.14 Å². The molecule has 0 saturated heterocycles. The molecule has 0 saturated carbocycles. The van der Waals surface area contributed by atoms with Gasteiger partial charge in [0, 0.05) is 5.92 Å². The molecule has 198 valence electrons. The SMILES string of the molecule is C=C=CCC(C=O)C/C=C/CCC(C)c1ccc(F)c(C)c1.CC.CC.CCC(C)(C)C.NS. The normalized spacial score (nSPS) is 11.4. The summed E-state index contributed by atoms with van der Waals surface area (Å²) in [5, 5.41) is 4.19. The van der Waals surface area contributed by atoms with Gasteiger partial charge in [-0.05, 0) is 67.2 Å². The van der Waals surface area contributed by atoms with E-state index in [2.05, 4.69) is 77.0 Å². The van der Waals surface area contributed by atoms with Gasteiger partial charge in [-0.15, -0.1) is 18.5 Å². The average molecular weight is 496 g/mol. The number of rotatable bonds is 9. The van der Waals surface area contributed by atoms with E-state index in [0.29, 0.717) is 23.3 Å². The highest BCUT2D eigenvalue weighted by molar-refractivity contribution is 7.77. The monoisotopic (exact) mass is 495 g/mol. The molecule has 0 radical (unpaired) electrons. The van der Waals surface area contributed by atoms with Gasteiger partial charge in [0.05, 0.1) is 0 Å². The van der Waals surface area contributed by atoms with E-state index in [0.717, 1.165) is 25.5 Å². The lowest BCUT2D eigenvalue weighted by atomic mass is 9.94. The number of aryl methyl sites for hydroxylation is 1. The van der Waals surface area contributed by atoms with Crippen LogP contribution in [0.4, 0.5) is 4.39 Å². The molecule has 2 atom stereocenters. The van der Waals surface area contributed by atoms with Crippen LogP contribution in [0.15, 0.2) is 48.7 Å². The summed E-state index contributed by atoms with van der Waals surface area (Å²) in [7, 11) is 0. The zero-order valence-corrected chi connectivity index (χ0v) is 24.6. The van der Waals surface area contributed by atoms with Crippen LogP contribution in [0.3, 0.4) is 0 Å². The highest BCUT2D eigenvalue weighted by Crippen LogP contribution is 2.23. The van der Waals surface area contributed by atoms with Crippen molar-refractivity contribution in [1.29, 1.82) is 0 Å². The number of carbonyl (C=O) groups excluding carboxylic acids is 1. The van der Waals surface area contributed by atoms with Crippen LogP contribution in [-0.2, 0) is 4.79 Å². The fourth-order valence-corrected chi connectivity index (χ4v) is 2.32. The lowest BCUT2D eigenvalue weighted by Gasteiger charge is -2.12. The van der Waals surface area contributed by atoms with Crippen LogP contribution in [0.5, 0.6) is 0 Å². The van der Waals surface area contributed by atoms with E-state index in [-0.39, 0.29) is 11.7 Å². The van der Waals surface area contributed by atoms with Crippen LogP contribution in [-0.4, -0.2) is 6.29 Å². The Morgan fingerprint density at radius 1 is 1.12 bits per heavy atom. The number of aldehydes is 1. The van der Waals surface area contributed by atoms with Crippen LogP contribution in [0.2, 0.25) is 0 Å². The molecule has 0 aromatic heterocycles. The molecule has 4 heteroatoms. The summed E-state index contributed by atoms with van der Waals surface area (Å²) >= 11 is 3.03. The van der Waals surface area contributed by atoms with Gasteiger partial charge in [0.15, 0.2) is 0 Å². The van der Waals surface area contributed by atoms with Crippen LogP contribution in [0, 0.1) is 24.1 Å². The number of thiol groups is 1. The molecule has 0 aliphatic heterocycles. The van der Waals surface area contributed by atoms with Crippen LogP contribution < -0.4 is 5.14 Å². The Labute approximate surface area is 217 Å². The molecule has 34 heavy (non-hydrogen) atoms. The fraction of sp³-hybridized carbons (Fsp3) is 0.600. The van der Waals surface area contributed by atoms with E-state index in [1.54, 1.807) is 19.1 Å². The van der Waals surface area contributed by atoms with E-state index < -0.39 is 0 Å². The van der Waals surface area contributed by atoms with Crippen molar-refractivity contribution in [2.45, 2.75) is 107 Å².